The zero-order valence-corrected chi connectivity index (χ0v) is 13.1. The molecule has 19 heavy (non-hydrogen) atoms. The van der Waals surface area contributed by atoms with Crippen LogP contribution in [0.5, 0.6) is 11.5 Å². The molecule has 1 N–H and O–H groups in total. The molecular formula is C14H13IO3S. The average Bonchev–Trinajstić information content (AvgIpc) is 2.40. The summed E-state index contributed by atoms with van der Waals surface area (Å²) in [5, 5.41) is 0. The van der Waals surface area contributed by atoms with Crippen LogP contribution in [-0.2, 0) is 17.5 Å². The Morgan fingerprint density at radius 1 is 1.00 bits per heavy atom. The van der Waals surface area contributed by atoms with Gasteiger partial charge < -0.3 is 9.29 Å². The van der Waals surface area contributed by atoms with Crippen molar-refractivity contribution in [2.75, 3.05) is 5.75 Å². The molecule has 0 spiro atoms. The summed E-state index contributed by atoms with van der Waals surface area (Å²) < 4.78 is 26.2. The average molecular weight is 388 g/mol. The van der Waals surface area contributed by atoms with Gasteiger partial charge in [-0.2, -0.15) is 0 Å². The minimum atomic E-state index is -1.74. The van der Waals surface area contributed by atoms with Crippen molar-refractivity contribution in [3.05, 3.63) is 57.7 Å². The Balaban J connectivity index is 1.98. The molecule has 0 aromatic heterocycles. The number of rotatable bonds is 5. The fourth-order valence-corrected chi connectivity index (χ4v) is 2.34. The molecule has 0 aliphatic heterocycles. The maximum Gasteiger partial charge on any atom is 0.153 e. The molecule has 0 fully saturated rings. The van der Waals surface area contributed by atoms with Crippen molar-refractivity contribution in [3.63, 3.8) is 0 Å². The number of halogens is 1. The van der Waals surface area contributed by atoms with E-state index >= 15 is 0 Å². The molecular weight excluding hydrogens is 375 g/mol. The van der Waals surface area contributed by atoms with Crippen LogP contribution in [0.3, 0.4) is 0 Å². The Bertz CT molecular complexity index is 552. The van der Waals surface area contributed by atoms with Crippen LogP contribution in [0.1, 0.15) is 5.56 Å². The predicted octanol–water partition coefficient (Wildman–Crippen LogP) is 3.85. The van der Waals surface area contributed by atoms with E-state index in [0.717, 1.165) is 20.6 Å². The van der Waals surface area contributed by atoms with E-state index in [2.05, 4.69) is 22.6 Å². The van der Waals surface area contributed by atoms with Gasteiger partial charge in [0.15, 0.2) is 11.1 Å². The second-order valence-corrected chi connectivity index (χ2v) is 6.27. The van der Waals surface area contributed by atoms with E-state index in [4.69, 9.17) is 9.29 Å². The largest absolute Gasteiger partial charge is 0.457 e. The Labute approximate surface area is 128 Å². The van der Waals surface area contributed by atoms with E-state index in [9.17, 15) is 4.21 Å². The highest BCUT2D eigenvalue weighted by Gasteiger charge is 2.00. The van der Waals surface area contributed by atoms with E-state index in [1.54, 1.807) is 0 Å². The third kappa shape index (κ3) is 4.93. The third-order valence-corrected chi connectivity index (χ3v) is 3.81. The smallest absolute Gasteiger partial charge is 0.153 e. The van der Waals surface area contributed by atoms with Crippen LogP contribution < -0.4 is 4.74 Å². The Morgan fingerprint density at radius 3 is 2.05 bits per heavy atom. The molecule has 2 aromatic rings. The second-order valence-electron chi connectivity index (χ2n) is 3.98. The molecule has 1 unspecified atom stereocenters. The van der Waals surface area contributed by atoms with E-state index in [0.29, 0.717) is 6.42 Å². The normalized spacial score (nSPS) is 12.1. The minimum absolute atomic E-state index is 0.261. The maximum absolute atomic E-state index is 10.6. The highest BCUT2D eigenvalue weighted by atomic mass is 127. The zero-order valence-electron chi connectivity index (χ0n) is 10.1. The van der Waals surface area contributed by atoms with Crippen molar-refractivity contribution in [1.29, 1.82) is 0 Å². The van der Waals surface area contributed by atoms with Crippen LogP contribution in [-0.4, -0.2) is 14.5 Å². The van der Waals surface area contributed by atoms with E-state index < -0.39 is 11.1 Å². The molecule has 2 rings (SSSR count). The third-order valence-electron chi connectivity index (χ3n) is 2.54. The molecule has 0 radical (unpaired) electrons. The molecule has 1 atom stereocenters. The van der Waals surface area contributed by atoms with Crippen LogP contribution in [0.2, 0.25) is 0 Å². The van der Waals surface area contributed by atoms with Gasteiger partial charge in [0, 0.05) is 3.57 Å². The lowest BCUT2D eigenvalue weighted by atomic mass is 10.2. The zero-order chi connectivity index (χ0) is 13.7. The van der Waals surface area contributed by atoms with Crippen molar-refractivity contribution in [2.45, 2.75) is 6.42 Å². The fraction of sp³-hybridized carbons (Fsp3) is 0.143. The van der Waals surface area contributed by atoms with Gasteiger partial charge in [0.05, 0.1) is 5.75 Å². The summed E-state index contributed by atoms with van der Waals surface area (Å²) in [5.74, 6) is 1.82. The second kappa shape index (κ2) is 7.02. The lowest BCUT2D eigenvalue weighted by molar-refractivity contribution is 0.482. The molecule has 0 saturated carbocycles. The number of ether oxygens (including phenoxy) is 1. The Kier molecular flexibility index (Phi) is 5.35. The first-order valence-corrected chi connectivity index (χ1v) is 8.09. The lowest BCUT2D eigenvalue weighted by Gasteiger charge is -2.06. The highest BCUT2D eigenvalue weighted by Crippen LogP contribution is 2.22. The molecule has 5 heteroatoms. The van der Waals surface area contributed by atoms with Gasteiger partial charge in [-0.15, -0.1) is 0 Å². The summed E-state index contributed by atoms with van der Waals surface area (Å²) in [5.41, 5.74) is 1.03. The number of hydrogen-bond donors (Lipinski definition) is 1. The van der Waals surface area contributed by atoms with E-state index in [-0.39, 0.29) is 5.75 Å². The van der Waals surface area contributed by atoms with Crippen LogP contribution >= 0.6 is 22.6 Å². The molecule has 0 bridgehead atoms. The first-order valence-electron chi connectivity index (χ1n) is 5.73. The van der Waals surface area contributed by atoms with Crippen LogP contribution in [0.25, 0.3) is 0 Å². The summed E-state index contributed by atoms with van der Waals surface area (Å²) in [7, 11) is 0. The van der Waals surface area contributed by atoms with Gasteiger partial charge >= 0.3 is 0 Å². The summed E-state index contributed by atoms with van der Waals surface area (Å²) in [6.45, 7) is 0. The van der Waals surface area contributed by atoms with Gasteiger partial charge in [0.25, 0.3) is 0 Å². The summed E-state index contributed by atoms with van der Waals surface area (Å²) in [6.07, 6.45) is 0.590. The summed E-state index contributed by atoms with van der Waals surface area (Å²) in [4.78, 5) is 0. The number of aryl methyl sites for hydroxylation is 1. The summed E-state index contributed by atoms with van der Waals surface area (Å²) >= 11 is 0.508. The van der Waals surface area contributed by atoms with Crippen LogP contribution in [0, 0.1) is 3.57 Å². The van der Waals surface area contributed by atoms with Gasteiger partial charge in [-0.3, -0.25) is 0 Å². The molecule has 3 nitrogen and oxygen atoms in total. The number of benzene rings is 2. The summed E-state index contributed by atoms with van der Waals surface area (Å²) in [6, 6.07) is 15.4. The SMILES string of the molecule is O=S(O)CCc1ccc(Oc2ccc(I)cc2)cc1. The number of hydrogen-bond acceptors (Lipinski definition) is 2. The van der Waals surface area contributed by atoms with E-state index in [1.807, 2.05) is 48.5 Å². The molecule has 2 aromatic carbocycles. The molecule has 0 heterocycles. The molecule has 0 saturated heterocycles. The van der Waals surface area contributed by atoms with Gasteiger partial charge in [-0.25, -0.2) is 4.21 Å². The maximum atomic E-state index is 10.6. The van der Waals surface area contributed by atoms with Gasteiger partial charge in [-0.05, 0) is 71.0 Å². The van der Waals surface area contributed by atoms with Gasteiger partial charge in [0.2, 0.25) is 0 Å². The Morgan fingerprint density at radius 2 is 1.53 bits per heavy atom. The first kappa shape index (κ1) is 14.5. The quantitative estimate of drug-likeness (QED) is 0.625. The molecule has 0 aliphatic rings. The first-order chi connectivity index (χ1) is 9.13. The van der Waals surface area contributed by atoms with Gasteiger partial charge in [-0.1, -0.05) is 12.1 Å². The van der Waals surface area contributed by atoms with Gasteiger partial charge in [0.1, 0.15) is 11.5 Å². The van der Waals surface area contributed by atoms with Crippen molar-refractivity contribution in [2.24, 2.45) is 0 Å². The lowest BCUT2D eigenvalue weighted by Crippen LogP contribution is -1.98. The van der Waals surface area contributed by atoms with Crippen LogP contribution in [0.15, 0.2) is 48.5 Å². The van der Waals surface area contributed by atoms with Crippen LogP contribution in [0.4, 0.5) is 0 Å². The van der Waals surface area contributed by atoms with Crippen molar-refractivity contribution < 1.29 is 13.5 Å². The van der Waals surface area contributed by atoms with Crippen molar-refractivity contribution in [3.8, 4) is 11.5 Å². The fourth-order valence-electron chi connectivity index (χ4n) is 1.57. The minimum Gasteiger partial charge on any atom is -0.457 e. The molecule has 0 aliphatic carbocycles. The molecule has 0 amide bonds. The molecule has 100 valence electrons. The standard InChI is InChI=1S/C14H13IO3S/c15-12-3-7-14(8-4-12)18-13-5-1-11(2-6-13)9-10-19(16)17/h1-8H,9-10H2,(H,16,17). The van der Waals surface area contributed by atoms with Crippen molar-refractivity contribution in [1.82, 2.24) is 0 Å². The van der Waals surface area contributed by atoms with E-state index in [1.165, 1.54) is 0 Å². The van der Waals surface area contributed by atoms with Crippen molar-refractivity contribution >= 4 is 33.7 Å². The topological polar surface area (TPSA) is 46.5 Å². The monoisotopic (exact) mass is 388 g/mol. The predicted molar refractivity (Wildman–Crippen MR) is 85.0 cm³/mol. The highest BCUT2D eigenvalue weighted by molar-refractivity contribution is 14.1. The Hall–Kier alpha value is -0.920.